The molecule has 9 nitrogen and oxygen atoms in total. The van der Waals surface area contributed by atoms with Crippen LogP contribution in [0.1, 0.15) is 29.9 Å². The van der Waals surface area contributed by atoms with Crippen molar-refractivity contribution in [3.05, 3.63) is 143 Å². The van der Waals surface area contributed by atoms with E-state index in [4.69, 9.17) is 14.1 Å². The molecule has 0 saturated carbocycles. The largest absolute Gasteiger partial charge is 0.463 e. The predicted molar refractivity (Wildman–Crippen MR) is 170 cm³/mol. The molecule has 3 aromatic carbocycles. The normalized spacial score (nSPS) is 14.7. The summed E-state index contributed by atoms with van der Waals surface area (Å²) in [5.41, 5.74) is 2.35. The third-order valence-electron chi connectivity index (χ3n) is 7.05. The van der Waals surface area contributed by atoms with Crippen LogP contribution in [0, 0.1) is 10.1 Å². The first kappa shape index (κ1) is 29.1. The number of aromatic nitrogens is 1. The summed E-state index contributed by atoms with van der Waals surface area (Å²) < 4.78 is 13.4. The van der Waals surface area contributed by atoms with Crippen LogP contribution in [0.15, 0.2) is 116 Å². The van der Waals surface area contributed by atoms with Gasteiger partial charge in [0.25, 0.3) is 11.2 Å². The lowest BCUT2D eigenvalue weighted by molar-refractivity contribution is -0.384. The first-order valence-corrected chi connectivity index (χ1v) is 15.7. The number of thioether (sulfide) groups is 1. The highest BCUT2D eigenvalue weighted by Gasteiger charge is 2.35. The van der Waals surface area contributed by atoms with Gasteiger partial charge in [-0.1, -0.05) is 65.9 Å². The van der Waals surface area contributed by atoms with Crippen molar-refractivity contribution in [2.75, 3.05) is 12.9 Å². The highest BCUT2D eigenvalue weighted by atomic mass is 32.2. The molecule has 5 aromatic rings. The highest BCUT2D eigenvalue weighted by Crippen LogP contribution is 2.36. The van der Waals surface area contributed by atoms with E-state index >= 15 is 0 Å². The van der Waals surface area contributed by atoms with Gasteiger partial charge in [0.05, 0.1) is 33.4 Å². The van der Waals surface area contributed by atoms with Crippen LogP contribution in [0.25, 0.3) is 23.1 Å². The third-order valence-corrected chi connectivity index (χ3v) is 8.77. The number of benzene rings is 3. The van der Waals surface area contributed by atoms with Crippen LogP contribution in [-0.4, -0.2) is 28.3 Å². The van der Waals surface area contributed by atoms with Crippen LogP contribution in [-0.2, 0) is 9.53 Å². The van der Waals surface area contributed by atoms with Gasteiger partial charge in [0.2, 0.25) is 0 Å². The average Bonchev–Trinajstić information content (AvgIpc) is 3.65. The summed E-state index contributed by atoms with van der Waals surface area (Å²) in [6.45, 7) is 1.90. The zero-order valence-corrected chi connectivity index (χ0v) is 25.3. The van der Waals surface area contributed by atoms with Crippen molar-refractivity contribution in [1.29, 1.82) is 0 Å². The second-order valence-electron chi connectivity index (χ2n) is 9.71. The summed E-state index contributed by atoms with van der Waals surface area (Å²) in [5, 5.41) is 11.2. The van der Waals surface area contributed by atoms with E-state index in [-0.39, 0.29) is 23.4 Å². The van der Waals surface area contributed by atoms with E-state index in [1.54, 1.807) is 49.0 Å². The molecule has 3 heterocycles. The van der Waals surface area contributed by atoms with Crippen molar-refractivity contribution in [3.8, 4) is 11.3 Å². The SMILES string of the molecule is CCOC(=O)C1=C(c2ccccc2)N=c2s/c(=C\c3ccc(-c4cccc([N+](=O)[O-])c4)o3)c(=O)n2[C@H]1c1ccc(SC)cc1. The second-order valence-corrected chi connectivity index (χ2v) is 11.6. The Labute approximate surface area is 259 Å². The van der Waals surface area contributed by atoms with Gasteiger partial charge in [0, 0.05) is 34.2 Å². The van der Waals surface area contributed by atoms with Gasteiger partial charge >= 0.3 is 5.97 Å². The van der Waals surface area contributed by atoms with E-state index in [9.17, 15) is 19.7 Å². The second kappa shape index (κ2) is 12.3. The molecule has 11 heteroatoms. The lowest BCUT2D eigenvalue weighted by atomic mass is 9.93. The Balaban J connectivity index is 1.53. The molecule has 6 rings (SSSR count). The molecular formula is C33H25N3O6S2. The standard InChI is InChI=1S/C33H25N3O6S2/c1-3-41-32(38)28-29(20-8-5-4-6-9-20)34-33-35(30(28)21-12-15-25(43-2)16-13-21)31(37)27(44-33)19-24-14-17-26(42-24)22-10-7-11-23(18-22)36(39)40/h4-19,30H,3H2,1-2H3/b27-19-/t30-/m0/s1. The molecule has 0 N–H and O–H groups in total. The summed E-state index contributed by atoms with van der Waals surface area (Å²) in [6.07, 6.45) is 3.60. The van der Waals surface area contributed by atoms with Gasteiger partial charge < -0.3 is 9.15 Å². The number of furan rings is 1. The number of nitro groups is 1. The Hall–Kier alpha value is -5.00. The fourth-order valence-electron chi connectivity index (χ4n) is 5.03. The van der Waals surface area contributed by atoms with Crippen LogP contribution < -0.4 is 14.9 Å². The van der Waals surface area contributed by atoms with E-state index in [1.807, 2.05) is 60.9 Å². The molecule has 1 aliphatic rings. The van der Waals surface area contributed by atoms with Crippen molar-refractivity contribution >= 4 is 46.5 Å². The molecule has 0 fully saturated rings. The van der Waals surface area contributed by atoms with Gasteiger partial charge in [-0.3, -0.25) is 19.5 Å². The average molecular weight is 624 g/mol. The monoisotopic (exact) mass is 623 g/mol. The molecule has 0 spiro atoms. The van der Waals surface area contributed by atoms with Crippen molar-refractivity contribution < 1.29 is 18.9 Å². The van der Waals surface area contributed by atoms with Crippen LogP contribution >= 0.6 is 23.1 Å². The Bertz CT molecular complexity index is 2090. The lowest BCUT2D eigenvalue weighted by Gasteiger charge is -2.26. The Morgan fingerprint density at radius 2 is 1.82 bits per heavy atom. The fourth-order valence-corrected chi connectivity index (χ4v) is 6.42. The number of carbonyl (C=O) groups excluding carboxylic acids is 1. The maximum Gasteiger partial charge on any atom is 0.338 e. The minimum atomic E-state index is -0.782. The van der Waals surface area contributed by atoms with Crippen LogP contribution in [0.3, 0.4) is 0 Å². The molecule has 1 aliphatic heterocycles. The molecule has 2 aromatic heterocycles. The zero-order chi connectivity index (χ0) is 30.8. The first-order valence-electron chi connectivity index (χ1n) is 13.6. The molecule has 0 amide bonds. The maximum absolute atomic E-state index is 14.1. The molecule has 0 bridgehead atoms. The topological polar surface area (TPSA) is 117 Å². The summed E-state index contributed by atoms with van der Waals surface area (Å²) in [4.78, 5) is 44.8. The van der Waals surface area contributed by atoms with Crippen molar-refractivity contribution in [3.63, 3.8) is 0 Å². The number of ether oxygens (including phenoxy) is 1. The molecule has 0 unspecified atom stereocenters. The molecule has 0 radical (unpaired) electrons. The minimum absolute atomic E-state index is 0.0500. The number of rotatable bonds is 8. The maximum atomic E-state index is 14.1. The summed E-state index contributed by atoms with van der Waals surface area (Å²) in [5.74, 6) is 0.275. The first-order chi connectivity index (χ1) is 21.4. The van der Waals surface area contributed by atoms with E-state index in [0.29, 0.717) is 32.1 Å². The Morgan fingerprint density at radius 1 is 1.07 bits per heavy atom. The number of nitrogens with zero attached hydrogens (tertiary/aromatic N) is 3. The molecule has 0 saturated heterocycles. The van der Waals surface area contributed by atoms with Crippen LogP contribution in [0.4, 0.5) is 5.69 Å². The van der Waals surface area contributed by atoms with Crippen molar-refractivity contribution in [2.24, 2.45) is 4.99 Å². The summed E-state index contributed by atoms with van der Waals surface area (Å²) >= 11 is 2.78. The highest BCUT2D eigenvalue weighted by molar-refractivity contribution is 7.98. The quantitative estimate of drug-likeness (QED) is 0.0925. The van der Waals surface area contributed by atoms with Gasteiger partial charge in [-0.2, -0.15) is 0 Å². The number of nitro benzene ring substituents is 1. The Kier molecular flexibility index (Phi) is 8.14. The fraction of sp³-hybridized carbons (Fsp3) is 0.121. The van der Waals surface area contributed by atoms with E-state index in [1.165, 1.54) is 28.0 Å². The van der Waals surface area contributed by atoms with E-state index in [2.05, 4.69) is 0 Å². The summed E-state index contributed by atoms with van der Waals surface area (Å²) in [6, 6.07) is 25.9. The number of esters is 1. The van der Waals surface area contributed by atoms with E-state index in [0.717, 1.165) is 16.0 Å². The predicted octanol–water partition coefficient (Wildman–Crippen LogP) is 5.83. The molecular weight excluding hydrogens is 599 g/mol. The van der Waals surface area contributed by atoms with Crippen molar-refractivity contribution in [2.45, 2.75) is 17.9 Å². The third kappa shape index (κ3) is 5.54. The minimum Gasteiger partial charge on any atom is -0.463 e. The number of hydrogen-bond donors (Lipinski definition) is 0. The van der Waals surface area contributed by atoms with Gasteiger partial charge in [-0.05, 0) is 43.0 Å². The van der Waals surface area contributed by atoms with Crippen LogP contribution in [0.2, 0.25) is 0 Å². The number of thiazole rings is 1. The zero-order valence-electron chi connectivity index (χ0n) is 23.6. The van der Waals surface area contributed by atoms with Crippen molar-refractivity contribution in [1.82, 2.24) is 4.57 Å². The molecule has 44 heavy (non-hydrogen) atoms. The van der Waals surface area contributed by atoms with Gasteiger partial charge in [-0.25, -0.2) is 9.79 Å². The molecule has 220 valence electrons. The van der Waals surface area contributed by atoms with Gasteiger partial charge in [0.15, 0.2) is 4.80 Å². The molecule has 0 aliphatic carbocycles. The Morgan fingerprint density at radius 3 is 2.52 bits per heavy atom. The molecule has 1 atom stereocenters. The number of hydrogen-bond acceptors (Lipinski definition) is 9. The lowest BCUT2D eigenvalue weighted by Crippen LogP contribution is -2.40. The number of carbonyl (C=O) groups is 1. The van der Waals surface area contributed by atoms with E-state index < -0.39 is 16.9 Å². The number of non-ortho nitro benzene ring substituents is 1. The summed E-state index contributed by atoms with van der Waals surface area (Å²) in [7, 11) is 0. The van der Waals surface area contributed by atoms with Gasteiger partial charge in [0.1, 0.15) is 11.5 Å². The van der Waals surface area contributed by atoms with Gasteiger partial charge in [-0.15, -0.1) is 11.8 Å². The van der Waals surface area contributed by atoms with Crippen LogP contribution in [0.5, 0.6) is 0 Å². The smallest absolute Gasteiger partial charge is 0.338 e. The number of fused-ring (bicyclic) bond motifs is 1.